The Morgan fingerprint density at radius 1 is 1.05 bits per heavy atom. The molecule has 1 amide bonds. The lowest BCUT2D eigenvalue weighted by atomic mass is 10.0. The lowest BCUT2D eigenvalue weighted by Gasteiger charge is -2.14. The quantitative estimate of drug-likeness (QED) is 0.590. The number of aliphatic hydroxyl groups is 1. The van der Waals surface area contributed by atoms with Crippen LogP contribution in [0.4, 0.5) is 0 Å². The van der Waals surface area contributed by atoms with Crippen molar-refractivity contribution in [2.45, 2.75) is 38.5 Å². The maximum absolute atomic E-state index is 12.3. The van der Waals surface area contributed by atoms with Crippen LogP contribution in [0.25, 0.3) is 0 Å². The Kier molecular flexibility index (Phi) is 5.40. The predicted molar refractivity (Wildman–Crippen MR) is 76.7 cm³/mol. The molecule has 0 unspecified atom stereocenters. The molecule has 1 N–H and O–H groups in total. The second kappa shape index (κ2) is 7.29. The molecule has 0 aromatic heterocycles. The number of carbonyl (C=O) groups is 1. The molecule has 2 aliphatic rings. The number of unbranched alkanes of at least 4 members (excludes halogenated alkanes) is 3. The lowest BCUT2D eigenvalue weighted by molar-refractivity contribution is -0.124. The van der Waals surface area contributed by atoms with Gasteiger partial charge in [0, 0.05) is 25.3 Å². The van der Waals surface area contributed by atoms with Gasteiger partial charge in [-0.05, 0) is 31.3 Å². The van der Waals surface area contributed by atoms with Gasteiger partial charge < -0.3 is 10.0 Å². The second-order valence-corrected chi connectivity index (χ2v) is 5.15. The standard InChI is InChI=1S/C16H23NO2/c18-12-8-4-3-7-11-17-13-14-9-5-1-2-6-10-15(14)16(17)19/h1-2,9-10,18H,3-8,11-13H2/b2-1-,14-9?,15-10?. The molecule has 3 nitrogen and oxygen atoms in total. The smallest absolute Gasteiger partial charge is 0.254 e. The zero-order valence-corrected chi connectivity index (χ0v) is 11.5. The molecule has 0 saturated carbocycles. The summed E-state index contributed by atoms with van der Waals surface area (Å²) in [6, 6.07) is 0. The molecule has 3 heteroatoms. The van der Waals surface area contributed by atoms with Crippen molar-refractivity contribution in [3.05, 3.63) is 35.5 Å². The molecule has 1 fully saturated rings. The molecule has 1 aliphatic carbocycles. The Morgan fingerprint density at radius 3 is 2.58 bits per heavy atom. The van der Waals surface area contributed by atoms with E-state index in [4.69, 9.17) is 5.11 Å². The Morgan fingerprint density at radius 2 is 1.79 bits per heavy atom. The first kappa shape index (κ1) is 14.1. The largest absolute Gasteiger partial charge is 0.396 e. The molecule has 0 spiro atoms. The molecule has 0 bridgehead atoms. The minimum atomic E-state index is 0.198. The number of carbonyl (C=O) groups excluding carboxylic acids is 1. The summed E-state index contributed by atoms with van der Waals surface area (Å²) in [5.74, 6) is 0.198. The van der Waals surface area contributed by atoms with Crippen LogP contribution >= 0.6 is 0 Å². The van der Waals surface area contributed by atoms with Gasteiger partial charge in [0.25, 0.3) is 5.91 Å². The molecule has 1 heterocycles. The third kappa shape index (κ3) is 3.80. The van der Waals surface area contributed by atoms with Gasteiger partial charge in [-0.1, -0.05) is 37.1 Å². The van der Waals surface area contributed by atoms with Gasteiger partial charge in [-0.25, -0.2) is 0 Å². The minimum Gasteiger partial charge on any atom is -0.396 e. The molecule has 0 atom stereocenters. The van der Waals surface area contributed by atoms with Crippen molar-refractivity contribution in [3.8, 4) is 0 Å². The number of hydrogen-bond acceptors (Lipinski definition) is 2. The van der Waals surface area contributed by atoms with Crippen LogP contribution in [0.5, 0.6) is 0 Å². The maximum Gasteiger partial charge on any atom is 0.254 e. The zero-order valence-electron chi connectivity index (χ0n) is 11.5. The van der Waals surface area contributed by atoms with Gasteiger partial charge in [0.2, 0.25) is 0 Å². The Hall–Kier alpha value is -1.35. The molecule has 1 aliphatic heterocycles. The van der Waals surface area contributed by atoms with Crippen LogP contribution in [0.3, 0.4) is 0 Å². The van der Waals surface area contributed by atoms with E-state index in [9.17, 15) is 4.79 Å². The van der Waals surface area contributed by atoms with E-state index >= 15 is 0 Å². The second-order valence-electron chi connectivity index (χ2n) is 5.15. The highest BCUT2D eigenvalue weighted by molar-refractivity contribution is 6.01. The van der Waals surface area contributed by atoms with E-state index in [0.717, 1.165) is 57.2 Å². The summed E-state index contributed by atoms with van der Waals surface area (Å²) in [4.78, 5) is 14.2. The number of aliphatic hydroxyl groups excluding tert-OH is 1. The minimum absolute atomic E-state index is 0.198. The average Bonchev–Trinajstić information content (AvgIpc) is 2.65. The summed E-state index contributed by atoms with van der Waals surface area (Å²) in [6.07, 6.45) is 14.3. The molecule has 1 saturated heterocycles. The van der Waals surface area contributed by atoms with Crippen LogP contribution in [-0.4, -0.2) is 35.6 Å². The van der Waals surface area contributed by atoms with Crippen LogP contribution in [-0.2, 0) is 4.79 Å². The van der Waals surface area contributed by atoms with Crippen molar-refractivity contribution in [1.82, 2.24) is 4.90 Å². The van der Waals surface area contributed by atoms with E-state index in [1.54, 1.807) is 0 Å². The van der Waals surface area contributed by atoms with Crippen LogP contribution in [0.15, 0.2) is 35.5 Å². The number of fused-ring (bicyclic) bond motifs is 1. The van der Waals surface area contributed by atoms with Crippen LogP contribution in [0, 0.1) is 0 Å². The highest BCUT2D eigenvalue weighted by Crippen LogP contribution is 2.26. The molecule has 104 valence electrons. The first-order chi connectivity index (χ1) is 9.33. The predicted octanol–water partition coefficient (Wildman–Crippen LogP) is 2.58. The van der Waals surface area contributed by atoms with E-state index in [2.05, 4.69) is 24.3 Å². The van der Waals surface area contributed by atoms with E-state index in [1.165, 1.54) is 5.57 Å². The number of allylic oxidation sites excluding steroid dienone is 4. The Bertz CT molecular complexity index is 407. The van der Waals surface area contributed by atoms with Crippen LogP contribution in [0.2, 0.25) is 0 Å². The number of nitrogens with zero attached hydrogens (tertiary/aromatic N) is 1. The van der Waals surface area contributed by atoms with Crippen molar-refractivity contribution in [3.63, 3.8) is 0 Å². The van der Waals surface area contributed by atoms with Gasteiger partial charge >= 0.3 is 0 Å². The van der Waals surface area contributed by atoms with E-state index in [-0.39, 0.29) is 12.5 Å². The fourth-order valence-electron chi connectivity index (χ4n) is 2.60. The molecule has 19 heavy (non-hydrogen) atoms. The maximum atomic E-state index is 12.3. The van der Waals surface area contributed by atoms with E-state index in [1.807, 2.05) is 4.90 Å². The molecule has 0 aromatic carbocycles. The molecular formula is C16H23NO2. The fourth-order valence-corrected chi connectivity index (χ4v) is 2.60. The molecule has 0 aromatic rings. The zero-order chi connectivity index (χ0) is 13.5. The summed E-state index contributed by atoms with van der Waals surface area (Å²) in [5.41, 5.74) is 2.12. The monoisotopic (exact) mass is 261 g/mol. The first-order valence-corrected chi connectivity index (χ1v) is 7.27. The highest BCUT2D eigenvalue weighted by atomic mass is 16.2. The highest BCUT2D eigenvalue weighted by Gasteiger charge is 2.29. The third-order valence-corrected chi connectivity index (χ3v) is 3.69. The van der Waals surface area contributed by atoms with E-state index < -0.39 is 0 Å². The van der Waals surface area contributed by atoms with Gasteiger partial charge in [0.15, 0.2) is 0 Å². The topological polar surface area (TPSA) is 40.5 Å². The van der Waals surface area contributed by atoms with Crippen molar-refractivity contribution in [2.24, 2.45) is 0 Å². The summed E-state index contributed by atoms with van der Waals surface area (Å²) in [7, 11) is 0. The number of likely N-dealkylation sites (tertiary alicyclic amines) is 1. The van der Waals surface area contributed by atoms with Crippen molar-refractivity contribution >= 4 is 5.91 Å². The van der Waals surface area contributed by atoms with Crippen LogP contribution < -0.4 is 0 Å². The van der Waals surface area contributed by atoms with Gasteiger partial charge in [-0.3, -0.25) is 4.79 Å². The number of hydrogen-bond donors (Lipinski definition) is 1. The molecular weight excluding hydrogens is 238 g/mol. The summed E-state index contributed by atoms with van der Waals surface area (Å²) in [5, 5.41) is 8.73. The summed E-state index contributed by atoms with van der Waals surface area (Å²) < 4.78 is 0. The van der Waals surface area contributed by atoms with Gasteiger partial charge in [-0.15, -0.1) is 0 Å². The lowest BCUT2D eigenvalue weighted by Crippen LogP contribution is -2.26. The Labute approximate surface area is 115 Å². The summed E-state index contributed by atoms with van der Waals surface area (Å²) >= 11 is 0. The fraction of sp³-hybridized carbons (Fsp3) is 0.562. The average molecular weight is 261 g/mol. The Balaban J connectivity index is 1.86. The third-order valence-electron chi connectivity index (χ3n) is 3.69. The number of amides is 1. The summed E-state index contributed by atoms with van der Waals surface area (Å²) in [6.45, 7) is 1.89. The SMILES string of the molecule is O=C1C2=CC/C=C\CC=C2CN1CCCCCCO. The van der Waals surface area contributed by atoms with Crippen molar-refractivity contribution in [2.75, 3.05) is 19.7 Å². The van der Waals surface area contributed by atoms with Gasteiger partial charge in [0.05, 0.1) is 0 Å². The van der Waals surface area contributed by atoms with Crippen molar-refractivity contribution < 1.29 is 9.90 Å². The van der Waals surface area contributed by atoms with Crippen LogP contribution in [0.1, 0.15) is 38.5 Å². The number of rotatable bonds is 6. The molecule has 2 rings (SSSR count). The molecule has 0 radical (unpaired) electrons. The van der Waals surface area contributed by atoms with Gasteiger partial charge in [-0.2, -0.15) is 0 Å². The van der Waals surface area contributed by atoms with Crippen molar-refractivity contribution in [1.29, 1.82) is 0 Å². The van der Waals surface area contributed by atoms with E-state index in [0.29, 0.717) is 0 Å². The van der Waals surface area contributed by atoms with Gasteiger partial charge in [0.1, 0.15) is 0 Å². The first-order valence-electron chi connectivity index (χ1n) is 7.27. The normalized spacial score (nSPS) is 20.5.